The topological polar surface area (TPSA) is 129 Å². The van der Waals surface area contributed by atoms with E-state index in [1.165, 1.54) is 11.1 Å². The zero-order valence-corrected chi connectivity index (χ0v) is 15.5. The van der Waals surface area contributed by atoms with Gasteiger partial charge in [0, 0.05) is 19.1 Å². The number of carboxylic acid groups (broad SMARTS) is 2. The highest BCUT2D eigenvalue weighted by atomic mass is 19.4. The number of aromatic carboxylic acids is 1. The molecule has 0 saturated carbocycles. The summed E-state index contributed by atoms with van der Waals surface area (Å²) < 4.78 is 37.3. The summed E-state index contributed by atoms with van der Waals surface area (Å²) in [6, 6.07) is 6.31. The lowest BCUT2D eigenvalue weighted by Gasteiger charge is -2.32. The third-order valence-corrected chi connectivity index (χ3v) is 4.14. The molecule has 1 aromatic heterocycles. The number of nitrogens with zero attached hydrogens (tertiary/aromatic N) is 3. The van der Waals surface area contributed by atoms with Gasteiger partial charge < -0.3 is 14.9 Å². The van der Waals surface area contributed by atoms with E-state index in [2.05, 4.69) is 34.2 Å². The first-order chi connectivity index (χ1) is 13.5. The van der Waals surface area contributed by atoms with Crippen molar-refractivity contribution in [1.29, 1.82) is 0 Å². The maximum Gasteiger partial charge on any atom is 0.490 e. The highest BCUT2D eigenvalue weighted by Gasteiger charge is 2.38. The molecule has 3 rings (SSSR count). The minimum atomic E-state index is -5.08. The summed E-state index contributed by atoms with van der Waals surface area (Å²) in [4.78, 5) is 22.3. The fourth-order valence-electron chi connectivity index (χ4n) is 2.60. The molecule has 1 aliphatic rings. The average molecular weight is 416 g/mol. The Morgan fingerprint density at radius 1 is 1.24 bits per heavy atom. The van der Waals surface area contributed by atoms with Crippen LogP contribution in [0, 0.1) is 0 Å². The molecule has 0 radical (unpaired) electrons. The van der Waals surface area contributed by atoms with Crippen LogP contribution in [0.2, 0.25) is 0 Å². The summed E-state index contributed by atoms with van der Waals surface area (Å²) in [7, 11) is 0. The van der Waals surface area contributed by atoms with Crippen molar-refractivity contribution < 1.29 is 37.7 Å². The molecule has 2 aromatic rings. The van der Waals surface area contributed by atoms with E-state index in [1.54, 1.807) is 0 Å². The molecule has 0 fully saturated rings. The minimum absolute atomic E-state index is 0.0241. The molecule has 9 nitrogen and oxygen atoms in total. The van der Waals surface area contributed by atoms with Crippen LogP contribution in [-0.2, 0) is 17.8 Å². The second-order valence-electron chi connectivity index (χ2n) is 6.45. The molecule has 0 atom stereocenters. The van der Waals surface area contributed by atoms with Gasteiger partial charge in [0.15, 0.2) is 0 Å². The Hall–Kier alpha value is -3.15. The number of fused-ring (bicyclic) bond motifs is 1. The molecule has 12 heteroatoms. The zero-order valence-electron chi connectivity index (χ0n) is 15.5. The number of aromatic nitrogens is 3. The molecule has 0 bridgehead atoms. The van der Waals surface area contributed by atoms with Crippen LogP contribution in [-0.4, -0.2) is 61.2 Å². The second-order valence-corrected chi connectivity index (χ2v) is 6.45. The normalized spacial score (nSPS) is 14.0. The number of carbonyl (C=O) groups is 2. The van der Waals surface area contributed by atoms with Gasteiger partial charge in [-0.2, -0.15) is 13.2 Å². The van der Waals surface area contributed by atoms with Gasteiger partial charge in [-0.1, -0.05) is 16.4 Å². The summed E-state index contributed by atoms with van der Waals surface area (Å²) in [6.07, 6.45) is -4.07. The largest absolute Gasteiger partial charge is 0.490 e. The molecule has 158 valence electrons. The highest BCUT2D eigenvalue weighted by Crippen LogP contribution is 2.28. The predicted octanol–water partition coefficient (Wildman–Crippen LogP) is 2.70. The molecule has 2 heterocycles. The number of hydrogen-bond acceptors (Lipinski definition) is 6. The van der Waals surface area contributed by atoms with Gasteiger partial charge in [-0.25, -0.2) is 14.7 Å². The van der Waals surface area contributed by atoms with Crippen molar-refractivity contribution in [3.05, 3.63) is 35.0 Å². The smallest absolute Gasteiger partial charge is 0.476 e. The Bertz CT molecular complexity index is 882. The van der Waals surface area contributed by atoms with Crippen LogP contribution >= 0.6 is 0 Å². The number of benzene rings is 1. The number of hydrogen-bond donors (Lipinski definition) is 3. The summed E-state index contributed by atoms with van der Waals surface area (Å²) in [5.74, 6) is -3.36. The van der Waals surface area contributed by atoms with E-state index in [0.29, 0.717) is 11.8 Å². The standard InChI is InChI=1S/C15H18N4O3.C2HF3O2/c1-9(2)19-6-5-10-3-4-12(7-11(10)8-19)22-14-13(15(20)21)16-18-17-14;3-2(4,5)1(6)7/h3-4,7,9H,5-6,8H2,1-2H3,(H,20,21)(H,16,17,18);(H,6,7). The van der Waals surface area contributed by atoms with Crippen LogP contribution in [0.25, 0.3) is 0 Å². The number of rotatable bonds is 4. The maximum atomic E-state index is 11.0. The SMILES string of the molecule is CC(C)N1CCc2ccc(Oc3nn[nH]c3C(=O)O)cc2C1.O=C(O)C(F)(F)F. The molecular formula is C17H19F3N4O5. The molecule has 3 N–H and O–H groups in total. The second kappa shape index (κ2) is 8.90. The van der Waals surface area contributed by atoms with Crippen molar-refractivity contribution in [1.82, 2.24) is 20.3 Å². The van der Waals surface area contributed by atoms with Crippen LogP contribution in [0.15, 0.2) is 18.2 Å². The van der Waals surface area contributed by atoms with Gasteiger partial charge in [-0.05, 0) is 43.5 Å². The van der Waals surface area contributed by atoms with E-state index in [1.807, 2.05) is 18.2 Å². The Morgan fingerprint density at radius 3 is 2.45 bits per heavy atom. The van der Waals surface area contributed by atoms with Crippen molar-refractivity contribution in [3.63, 3.8) is 0 Å². The van der Waals surface area contributed by atoms with Gasteiger partial charge in [-0.3, -0.25) is 4.90 Å². The molecule has 0 aliphatic carbocycles. The number of nitrogens with one attached hydrogen (secondary N) is 1. The Balaban J connectivity index is 0.000000370. The molecule has 0 spiro atoms. The molecule has 0 unspecified atom stereocenters. The molecule has 29 heavy (non-hydrogen) atoms. The van der Waals surface area contributed by atoms with E-state index in [9.17, 15) is 18.0 Å². The van der Waals surface area contributed by atoms with Gasteiger partial charge in [0.25, 0.3) is 5.88 Å². The molecule has 1 aromatic carbocycles. The van der Waals surface area contributed by atoms with E-state index in [0.717, 1.165) is 19.5 Å². The minimum Gasteiger partial charge on any atom is -0.476 e. The fraction of sp³-hybridized carbons (Fsp3) is 0.412. The molecular weight excluding hydrogens is 397 g/mol. The summed E-state index contributed by atoms with van der Waals surface area (Å²) in [5, 5.41) is 25.6. The van der Waals surface area contributed by atoms with Crippen molar-refractivity contribution in [2.75, 3.05) is 6.54 Å². The predicted molar refractivity (Wildman–Crippen MR) is 92.8 cm³/mol. The molecule has 0 amide bonds. The van der Waals surface area contributed by atoms with E-state index >= 15 is 0 Å². The number of aromatic amines is 1. The molecule has 0 saturated heterocycles. The summed E-state index contributed by atoms with van der Waals surface area (Å²) in [6.45, 7) is 6.28. The van der Waals surface area contributed by atoms with Gasteiger partial charge in [0.05, 0.1) is 0 Å². The van der Waals surface area contributed by atoms with E-state index in [4.69, 9.17) is 19.7 Å². The first-order valence-electron chi connectivity index (χ1n) is 8.47. The lowest BCUT2D eigenvalue weighted by Crippen LogP contribution is -2.35. The number of alkyl halides is 3. The monoisotopic (exact) mass is 416 g/mol. The number of carboxylic acids is 2. The Kier molecular flexibility index (Phi) is 6.80. The average Bonchev–Trinajstić information content (AvgIpc) is 3.09. The van der Waals surface area contributed by atoms with Crippen LogP contribution in [0.4, 0.5) is 13.2 Å². The van der Waals surface area contributed by atoms with Crippen LogP contribution in [0.5, 0.6) is 11.6 Å². The zero-order chi connectivity index (χ0) is 21.8. The van der Waals surface area contributed by atoms with E-state index in [-0.39, 0.29) is 11.6 Å². The number of aliphatic carboxylic acids is 1. The number of ether oxygens (including phenoxy) is 1. The van der Waals surface area contributed by atoms with Crippen molar-refractivity contribution in [3.8, 4) is 11.6 Å². The van der Waals surface area contributed by atoms with Crippen LogP contribution < -0.4 is 4.74 Å². The number of H-pyrrole nitrogens is 1. The van der Waals surface area contributed by atoms with Crippen LogP contribution in [0.3, 0.4) is 0 Å². The Morgan fingerprint density at radius 2 is 1.90 bits per heavy atom. The van der Waals surface area contributed by atoms with Gasteiger partial charge in [0.2, 0.25) is 5.69 Å². The van der Waals surface area contributed by atoms with Crippen LogP contribution in [0.1, 0.15) is 35.5 Å². The van der Waals surface area contributed by atoms with E-state index < -0.39 is 18.1 Å². The summed E-state index contributed by atoms with van der Waals surface area (Å²) in [5.41, 5.74) is 2.36. The van der Waals surface area contributed by atoms with Gasteiger partial charge in [-0.15, -0.1) is 0 Å². The van der Waals surface area contributed by atoms with Crippen molar-refractivity contribution in [2.45, 2.75) is 39.0 Å². The highest BCUT2D eigenvalue weighted by molar-refractivity contribution is 5.87. The van der Waals surface area contributed by atoms with Gasteiger partial charge in [0.1, 0.15) is 5.75 Å². The quantitative estimate of drug-likeness (QED) is 0.694. The Labute approximate surface area is 163 Å². The lowest BCUT2D eigenvalue weighted by molar-refractivity contribution is -0.192. The van der Waals surface area contributed by atoms with Crippen molar-refractivity contribution in [2.24, 2.45) is 0 Å². The fourth-order valence-corrected chi connectivity index (χ4v) is 2.60. The lowest BCUT2D eigenvalue weighted by atomic mass is 9.98. The third kappa shape index (κ3) is 5.91. The first kappa shape index (κ1) is 22.1. The first-order valence-corrected chi connectivity index (χ1v) is 8.47. The summed E-state index contributed by atoms with van der Waals surface area (Å²) >= 11 is 0. The maximum absolute atomic E-state index is 11.0. The molecule has 1 aliphatic heterocycles. The van der Waals surface area contributed by atoms with Gasteiger partial charge >= 0.3 is 18.1 Å². The number of halogens is 3. The van der Waals surface area contributed by atoms with Crippen molar-refractivity contribution >= 4 is 11.9 Å². The third-order valence-electron chi connectivity index (χ3n) is 4.14.